The fraction of sp³-hybridized carbons (Fsp3) is 0.273. The number of rotatable bonds is 4. The first kappa shape index (κ1) is 16.2. The molecule has 8 heteroatoms. The Morgan fingerprint density at radius 2 is 1.79 bits per heavy atom. The minimum atomic E-state index is -4.39. The standard InChI is InChI=1S/C11H8Cl2F3NOS/c12-9(13)10(18)17-5-8(19)6-1-3-7(4-2-6)11(14,15)16/h1-4,9H,5H2,(H,17,18). The van der Waals surface area contributed by atoms with Crippen LogP contribution < -0.4 is 5.32 Å². The molecule has 0 saturated carbocycles. The summed E-state index contributed by atoms with van der Waals surface area (Å²) < 4.78 is 37.0. The van der Waals surface area contributed by atoms with Crippen LogP contribution >= 0.6 is 35.4 Å². The lowest BCUT2D eigenvalue weighted by Gasteiger charge is -2.09. The van der Waals surface area contributed by atoms with Gasteiger partial charge < -0.3 is 5.32 Å². The van der Waals surface area contributed by atoms with Crippen LogP contribution in [0.5, 0.6) is 0 Å². The SMILES string of the molecule is O=C(NCC(=S)c1ccc(C(F)(F)F)cc1)C(Cl)Cl. The topological polar surface area (TPSA) is 29.1 Å². The lowest BCUT2D eigenvalue weighted by Crippen LogP contribution is -2.32. The van der Waals surface area contributed by atoms with Crippen LogP contribution in [0.3, 0.4) is 0 Å². The van der Waals surface area contributed by atoms with Crippen molar-refractivity contribution in [2.75, 3.05) is 6.54 Å². The van der Waals surface area contributed by atoms with Crippen molar-refractivity contribution in [1.82, 2.24) is 5.32 Å². The fourth-order valence-corrected chi connectivity index (χ4v) is 1.55. The van der Waals surface area contributed by atoms with Gasteiger partial charge in [0.05, 0.1) is 12.1 Å². The maximum Gasteiger partial charge on any atom is 0.416 e. The predicted octanol–water partition coefficient (Wildman–Crippen LogP) is 3.34. The van der Waals surface area contributed by atoms with E-state index in [1.165, 1.54) is 12.1 Å². The van der Waals surface area contributed by atoms with E-state index in [0.29, 0.717) is 5.56 Å². The zero-order valence-electron chi connectivity index (χ0n) is 9.30. The molecule has 1 amide bonds. The summed E-state index contributed by atoms with van der Waals surface area (Å²) >= 11 is 15.6. The van der Waals surface area contributed by atoms with Gasteiger partial charge in [0.2, 0.25) is 0 Å². The number of benzene rings is 1. The maximum absolute atomic E-state index is 12.3. The Kier molecular flexibility index (Phi) is 5.58. The van der Waals surface area contributed by atoms with Gasteiger partial charge in [-0.2, -0.15) is 13.2 Å². The number of halogens is 5. The van der Waals surface area contributed by atoms with Gasteiger partial charge in [0.15, 0.2) is 4.84 Å². The molecular weight excluding hydrogens is 322 g/mol. The first-order chi connectivity index (χ1) is 8.71. The number of alkyl halides is 5. The highest BCUT2D eigenvalue weighted by atomic mass is 35.5. The molecule has 1 aromatic rings. The van der Waals surface area contributed by atoms with Crippen molar-refractivity contribution in [2.45, 2.75) is 11.0 Å². The van der Waals surface area contributed by atoms with Crippen molar-refractivity contribution in [2.24, 2.45) is 0 Å². The molecule has 2 nitrogen and oxygen atoms in total. The van der Waals surface area contributed by atoms with Crippen molar-refractivity contribution >= 4 is 46.2 Å². The molecule has 0 aromatic heterocycles. The Labute approximate surface area is 122 Å². The third kappa shape index (κ3) is 4.97. The van der Waals surface area contributed by atoms with E-state index in [-0.39, 0.29) is 11.4 Å². The molecule has 0 aliphatic heterocycles. The highest BCUT2D eigenvalue weighted by molar-refractivity contribution is 7.81. The van der Waals surface area contributed by atoms with Gasteiger partial charge in [-0.05, 0) is 17.7 Å². The second-order valence-corrected chi connectivity index (χ2v) is 5.11. The van der Waals surface area contributed by atoms with E-state index in [9.17, 15) is 18.0 Å². The molecule has 0 aliphatic rings. The second kappa shape index (κ2) is 6.54. The quantitative estimate of drug-likeness (QED) is 0.521. The minimum Gasteiger partial charge on any atom is -0.349 e. The minimum absolute atomic E-state index is 0.0184. The Hall–Kier alpha value is -0.850. The van der Waals surface area contributed by atoms with E-state index in [2.05, 4.69) is 5.32 Å². The van der Waals surface area contributed by atoms with Gasteiger partial charge in [-0.25, -0.2) is 0 Å². The Balaban J connectivity index is 2.66. The molecule has 19 heavy (non-hydrogen) atoms. The van der Waals surface area contributed by atoms with Crippen molar-refractivity contribution in [1.29, 1.82) is 0 Å². The molecule has 104 valence electrons. The highest BCUT2D eigenvalue weighted by Gasteiger charge is 2.30. The van der Waals surface area contributed by atoms with Crippen LogP contribution in [0.25, 0.3) is 0 Å². The summed E-state index contributed by atoms with van der Waals surface area (Å²) in [7, 11) is 0. The van der Waals surface area contributed by atoms with E-state index in [4.69, 9.17) is 35.4 Å². The molecule has 0 radical (unpaired) electrons. The number of thiocarbonyl (C=S) groups is 1. The molecule has 0 spiro atoms. The summed E-state index contributed by atoms with van der Waals surface area (Å²) in [6.45, 7) is -0.0184. The second-order valence-electron chi connectivity index (χ2n) is 3.52. The summed E-state index contributed by atoms with van der Waals surface area (Å²) in [5, 5.41) is 2.36. The maximum atomic E-state index is 12.3. The van der Waals surface area contributed by atoms with Gasteiger partial charge >= 0.3 is 6.18 Å². The molecule has 0 heterocycles. The Morgan fingerprint density at radius 3 is 2.21 bits per heavy atom. The molecule has 0 aliphatic carbocycles. The van der Waals surface area contributed by atoms with Gasteiger partial charge in [0.25, 0.3) is 5.91 Å². The normalized spacial score (nSPS) is 11.5. The summed E-state index contributed by atoms with van der Waals surface area (Å²) in [5.41, 5.74) is -0.339. The summed E-state index contributed by atoms with van der Waals surface area (Å²) in [4.78, 5) is 10.2. The molecule has 1 aromatic carbocycles. The molecule has 1 rings (SSSR count). The van der Waals surface area contributed by atoms with E-state index >= 15 is 0 Å². The first-order valence-corrected chi connectivity index (χ1v) is 6.26. The molecule has 0 bridgehead atoms. The lowest BCUT2D eigenvalue weighted by molar-refractivity contribution is -0.137. The highest BCUT2D eigenvalue weighted by Crippen LogP contribution is 2.29. The smallest absolute Gasteiger partial charge is 0.349 e. The van der Waals surface area contributed by atoms with Gasteiger partial charge in [-0.15, -0.1) is 0 Å². The first-order valence-electron chi connectivity index (χ1n) is 4.98. The zero-order chi connectivity index (χ0) is 14.6. The average molecular weight is 330 g/mol. The van der Waals surface area contributed by atoms with E-state index in [0.717, 1.165) is 12.1 Å². The summed E-state index contributed by atoms with van der Waals surface area (Å²) in [6.07, 6.45) is -4.39. The van der Waals surface area contributed by atoms with Crippen LogP contribution in [0.4, 0.5) is 13.2 Å². The monoisotopic (exact) mass is 329 g/mol. The van der Waals surface area contributed by atoms with Crippen LogP contribution in [0.2, 0.25) is 0 Å². The van der Waals surface area contributed by atoms with E-state index < -0.39 is 22.5 Å². The van der Waals surface area contributed by atoms with Crippen LogP contribution in [0, 0.1) is 0 Å². The van der Waals surface area contributed by atoms with Gasteiger partial charge in [0, 0.05) is 4.86 Å². The van der Waals surface area contributed by atoms with Crippen LogP contribution in [0.15, 0.2) is 24.3 Å². The largest absolute Gasteiger partial charge is 0.416 e. The van der Waals surface area contributed by atoms with Crippen molar-refractivity contribution in [3.05, 3.63) is 35.4 Å². The molecule has 0 saturated heterocycles. The number of hydrogen-bond acceptors (Lipinski definition) is 2. The fourth-order valence-electron chi connectivity index (χ4n) is 1.19. The zero-order valence-corrected chi connectivity index (χ0v) is 11.6. The van der Waals surface area contributed by atoms with Crippen molar-refractivity contribution in [3.8, 4) is 0 Å². The summed E-state index contributed by atoms with van der Waals surface area (Å²) in [6, 6.07) is 4.34. The average Bonchev–Trinajstić information content (AvgIpc) is 2.34. The van der Waals surface area contributed by atoms with E-state index in [1.54, 1.807) is 0 Å². The van der Waals surface area contributed by atoms with Crippen molar-refractivity contribution < 1.29 is 18.0 Å². The Morgan fingerprint density at radius 1 is 1.26 bits per heavy atom. The third-order valence-corrected chi connectivity index (χ3v) is 2.93. The molecule has 0 fully saturated rings. The van der Waals surface area contributed by atoms with Gasteiger partial charge in [-0.3, -0.25) is 4.79 Å². The van der Waals surface area contributed by atoms with Crippen LogP contribution in [0.1, 0.15) is 11.1 Å². The number of amides is 1. The number of carbonyl (C=O) groups is 1. The van der Waals surface area contributed by atoms with Gasteiger partial charge in [0.1, 0.15) is 0 Å². The number of hydrogen-bond donors (Lipinski definition) is 1. The summed E-state index contributed by atoms with van der Waals surface area (Å²) in [5.74, 6) is -0.613. The predicted molar refractivity (Wildman–Crippen MR) is 71.6 cm³/mol. The number of carbonyl (C=O) groups excluding carboxylic acids is 1. The van der Waals surface area contributed by atoms with Crippen LogP contribution in [-0.2, 0) is 11.0 Å². The lowest BCUT2D eigenvalue weighted by atomic mass is 10.1. The molecule has 1 N–H and O–H groups in total. The molecule has 0 unspecified atom stereocenters. The van der Waals surface area contributed by atoms with Gasteiger partial charge in [-0.1, -0.05) is 47.6 Å². The van der Waals surface area contributed by atoms with Crippen molar-refractivity contribution in [3.63, 3.8) is 0 Å². The Bertz CT molecular complexity index is 474. The van der Waals surface area contributed by atoms with E-state index in [1.807, 2.05) is 0 Å². The number of nitrogens with one attached hydrogen (secondary N) is 1. The third-order valence-electron chi connectivity index (χ3n) is 2.16. The molecular formula is C11H8Cl2F3NOS. The molecule has 0 atom stereocenters. The van der Waals surface area contributed by atoms with Crippen LogP contribution in [-0.4, -0.2) is 22.2 Å².